The number of nitrogens with one attached hydrogen (secondary N) is 1. The largest absolute Gasteiger partial charge is 0.494 e. The Morgan fingerprint density at radius 2 is 1.79 bits per heavy atom. The van der Waals surface area contributed by atoms with Crippen molar-refractivity contribution in [2.75, 3.05) is 51.9 Å². The first-order valence-electron chi connectivity index (χ1n) is 14.1. The summed E-state index contributed by atoms with van der Waals surface area (Å²) >= 11 is 0. The van der Waals surface area contributed by atoms with Crippen LogP contribution >= 0.6 is 0 Å². The van der Waals surface area contributed by atoms with Crippen molar-refractivity contribution >= 4 is 34.0 Å². The van der Waals surface area contributed by atoms with Gasteiger partial charge in [0.1, 0.15) is 12.4 Å². The third-order valence-electron chi connectivity index (χ3n) is 7.48. The normalized spacial score (nSPS) is 14.5. The number of methoxy groups -OCH3 is 1. The maximum Gasteiger partial charge on any atom is 0.278 e. The summed E-state index contributed by atoms with van der Waals surface area (Å²) in [7, 11) is 1.42. The molecular formula is C32H40N4O6. The van der Waals surface area contributed by atoms with E-state index in [1.165, 1.54) is 7.11 Å². The Hall–Kier alpha value is -4.15. The smallest absolute Gasteiger partial charge is 0.278 e. The van der Waals surface area contributed by atoms with Gasteiger partial charge in [-0.1, -0.05) is 57.1 Å². The van der Waals surface area contributed by atoms with Gasteiger partial charge in [0.15, 0.2) is 11.5 Å². The maximum absolute atomic E-state index is 13.8. The number of primary amides is 1. The average Bonchev–Trinajstić information content (AvgIpc) is 2.97. The number of rotatable bonds is 10. The number of nitrogens with two attached hydrogens (primary N) is 1. The van der Waals surface area contributed by atoms with Crippen LogP contribution in [0, 0.1) is 0 Å². The summed E-state index contributed by atoms with van der Waals surface area (Å²) in [5.74, 6) is -0.522. The highest BCUT2D eigenvalue weighted by Crippen LogP contribution is 2.40. The summed E-state index contributed by atoms with van der Waals surface area (Å²) in [4.78, 5) is 28.5. The Morgan fingerprint density at radius 1 is 1.10 bits per heavy atom. The van der Waals surface area contributed by atoms with Crippen molar-refractivity contribution in [1.82, 2.24) is 4.90 Å². The first-order valence-corrected chi connectivity index (χ1v) is 14.1. The lowest BCUT2D eigenvalue weighted by Crippen LogP contribution is -2.38. The number of ether oxygens (including phenoxy) is 3. The van der Waals surface area contributed by atoms with E-state index in [2.05, 4.69) is 15.4 Å². The molecule has 0 radical (unpaired) electrons. The fourth-order valence-electron chi connectivity index (χ4n) is 5.37. The van der Waals surface area contributed by atoms with Crippen LogP contribution in [0.1, 0.15) is 54.7 Å². The van der Waals surface area contributed by atoms with Gasteiger partial charge in [0.25, 0.3) is 11.8 Å². The van der Waals surface area contributed by atoms with Gasteiger partial charge in [-0.3, -0.25) is 14.5 Å². The van der Waals surface area contributed by atoms with Crippen molar-refractivity contribution in [3.63, 3.8) is 0 Å². The zero-order valence-corrected chi connectivity index (χ0v) is 25.0. The first kappa shape index (κ1) is 30.8. The van der Waals surface area contributed by atoms with Crippen LogP contribution in [0.4, 0.5) is 5.69 Å². The molecule has 3 aromatic carbocycles. The number of carbonyl (C=O) groups excluding carboxylic acids is 2. The van der Waals surface area contributed by atoms with Crippen molar-refractivity contribution in [3.8, 4) is 11.5 Å². The van der Waals surface area contributed by atoms with Gasteiger partial charge in [0, 0.05) is 30.6 Å². The van der Waals surface area contributed by atoms with Gasteiger partial charge in [0.2, 0.25) is 0 Å². The second-order valence-electron chi connectivity index (χ2n) is 11.2. The topological polar surface area (TPSA) is 136 Å². The number of morpholine rings is 1. The number of benzene rings is 3. The zero-order chi connectivity index (χ0) is 30.4. The molecule has 0 bridgehead atoms. The van der Waals surface area contributed by atoms with Gasteiger partial charge < -0.3 is 30.5 Å². The summed E-state index contributed by atoms with van der Waals surface area (Å²) in [6.45, 7) is 12.5. The van der Waals surface area contributed by atoms with Crippen LogP contribution in [-0.2, 0) is 21.4 Å². The van der Waals surface area contributed by atoms with Gasteiger partial charge in [-0.25, -0.2) is 0 Å². The molecular weight excluding hydrogens is 536 g/mol. The van der Waals surface area contributed by atoms with Crippen LogP contribution in [0.2, 0.25) is 0 Å². The number of hydrogen-bond donors (Lipinski definition) is 3. The van der Waals surface area contributed by atoms with Crippen LogP contribution in [0.5, 0.6) is 11.5 Å². The Balaban J connectivity index is 1.69. The van der Waals surface area contributed by atoms with Gasteiger partial charge in [-0.15, -0.1) is 0 Å². The van der Waals surface area contributed by atoms with E-state index >= 15 is 0 Å². The van der Waals surface area contributed by atoms with Crippen LogP contribution < -0.4 is 20.5 Å². The van der Waals surface area contributed by atoms with E-state index in [9.17, 15) is 14.8 Å². The molecule has 0 spiro atoms. The zero-order valence-electron chi connectivity index (χ0n) is 25.0. The number of oxime groups is 1. The van der Waals surface area contributed by atoms with E-state index < -0.39 is 11.8 Å². The Labute approximate surface area is 246 Å². The third kappa shape index (κ3) is 6.50. The van der Waals surface area contributed by atoms with E-state index in [0.29, 0.717) is 35.4 Å². The van der Waals surface area contributed by atoms with Gasteiger partial charge in [0.05, 0.1) is 31.6 Å². The SMILES string of the molecule is CCc1c(C(C)(C)C)cc(C(N)=O)c(OC)c1NC(=O)C(=NO)c1ccc(OCCN2CCOCC2)c2ccccc12. The number of anilines is 1. The lowest BCUT2D eigenvalue weighted by Gasteiger charge is -2.27. The van der Waals surface area contributed by atoms with E-state index in [1.54, 1.807) is 18.2 Å². The van der Waals surface area contributed by atoms with Gasteiger partial charge in [-0.2, -0.15) is 0 Å². The Kier molecular flexibility index (Phi) is 9.70. The van der Waals surface area contributed by atoms with Crippen molar-refractivity contribution < 1.29 is 29.0 Å². The molecule has 0 aliphatic carbocycles. The molecule has 4 rings (SSSR count). The second-order valence-corrected chi connectivity index (χ2v) is 11.2. The maximum atomic E-state index is 13.8. The first-order chi connectivity index (χ1) is 20.1. The molecule has 1 fully saturated rings. The summed E-state index contributed by atoms with van der Waals surface area (Å²) in [6.07, 6.45) is 0.544. The van der Waals surface area contributed by atoms with Crippen molar-refractivity contribution in [2.24, 2.45) is 10.9 Å². The molecule has 42 heavy (non-hydrogen) atoms. The van der Waals surface area contributed by atoms with Crippen molar-refractivity contribution in [3.05, 3.63) is 64.7 Å². The van der Waals surface area contributed by atoms with Crippen molar-refractivity contribution in [2.45, 2.75) is 39.5 Å². The van der Waals surface area contributed by atoms with Gasteiger partial charge in [-0.05, 0) is 46.5 Å². The molecule has 224 valence electrons. The minimum Gasteiger partial charge on any atom is -0.494 e. The molecule has 0 unspecified atom stereocenters. The monoisotopic (exact) mass is 576 g/mol. The van der Waals surface area contributed by atoms with Gasteiger partial charge >= 0.3 is 0 Å². The predicted molar refractivity (Wildman–Crippen MR) is 163 cm³/mol. The molecule has 3 aromatic rings. The van der Waals surface area contributed by atoms with Crippen LogP contribution in [0.15, 0.2) is 47.6 Å². The summed E-state index contributed by atoms with van der Waals surface area (Å²) < 4.78 is 17.1. The highest BCUT2D eigenvalue weighted by atomic mass is 16.5. The molecule has 1 aliphatic rings. The number of amides is 2. The lowest BCUT2D eigenvalue weighted by molar-refractivity contribution is -0.110. The molecule has 1 saturated heterocycles. The highest BCUT2D eigenvalue weighted by molar-refractivity contribution is 6.50. The van der Waals surface area contributed by atoms with Crippen molar-refractivity contribution in [1.29, 1.82) is 0 Å². The Bertz CT molecular complexity index is 1490. The minimum absolute atomic E-state index is 0.154. The average molecular weight is 577 g/mol. The molecule has 0 aromatic heterocycles. The Morgan fingerprint density at radius 3 is 2.38 bits per heavy atom. The highest BCUT2D eigenvalue weighted by Gasteiger charge is 2.29. The van der Waals surface area contributed by atoms with E-state index in [0.717, 1.165) is 49.4 Å². The lowest BCUT2D eigenvalue weighted by atomic mass is 9.81. The summed E-state index contributed by atoms with van der Waals surface area (Å²) in [5, 5.41) is 17.9. The number of hydrogen-bond acceptors (Lipinski definition) is 8. The fourth-order valence-corrected chi connectivity index (χ4v) is 5.37. The number of nitrogens with zero attached hydrogens (tertiary/aromatic N) is 2. The molecule has 1 heterocycles. The molecule has 1 aliphatic heterocycles. The number of fused-ring (bicyclic) bond motifs is 1. The predicted octanol–water partition coefficient (Wildman–Crippen LogP) is 4.34. The standard InChI is InChI=1S/C32H40N4O6/c1-6-20-25(32(2,3)4)19-24(30(33)37)29(40-5)27(20)34-31(38)28(35-39)23-11-12-26(22-10-8-7-9-21(22)23)42-18-15-36-13-16-41-17-14-36/h7-12,19,39H,6,13-18H2,1-5H3,(H2,33,37)(H,34,38). The van der Waals surface area contributed by atoms with E-state index in [1.807, 2.05) is 52.0 Å². The van der Waals surface area contributed by atoms with Crippen LogP contribution in [0.25, 0.3) is 10.8 Å². The van der Waals surface area contributed by atoms with Crippen LogP contribution in [-0.4, -0.2) is 74.2 Å². The summed E-state index contributed by atoms with van der Waals surface area (Å²) in [5.41, 5.74) is 7.69. The van der Waals surface area contributed by atoms with E-state index in [-0.39, 0.29) is 22.4 Å². The molecule has 0 saturated carbocycles. The minimum atomic E-state index is -0.679. The number of carbonyl (C=O) groups is 2. The molecule has 10 nitrogen and oxygen atoms in total. The quantitative estimate of drug-likeness (QED) is 0.186. The molecule has 0 atom stereocenters. The van der Waals surface area contributed by atoms with E-state index in [4.69, 9.17) is 19.9 Å². The summed E-state index contributed by atoms with van der Waals surface area (Å²) in [6, 6.07) is 12.7. The van der Waals surface area contributed by atoms with Crippen LogP contribution in [0.3, 0.4) is 0 Å². The molecule has 4 N–H and O–H groups in total. The molecule has 10 heteroatoms. The molecule has 2 amide bonds. The second kappa shape index (κ2) is 13.2. The third-order valence-corrected chi connectivity index (χ3v) is 7.48. The fraction of sp³-hybridized carbons (Fsp3) is 0.406.